The molecule has 1 aromatic carbocycles. The molecule has 0 aromatic heterocycles. The molecule has 0 radical (unpaired) electrons. The van der Waals surface area contributed by atoms with Gasteiger partial charge in [-0.2, -0.15) is 0 Å². The van der Waals surface area contributed by atoms with Gasteiger partial charge in [-0.15, -0.1) is 6.58 Å². The first kappa shape index (κ1) is 12.0. The standard InChI is InChI=1S/C11H13ClN2S/c1-2-6-13-11(15)14-8-9-4-3-5-10(12)7-9/h2-5,7H,1,6,8H2,(H2,13,14,15). The number of benzene rings is 1. The van der Waals surface area contributed by atoms with Crippen LogP contribution in [-0.4, -0.2) is 11.7 Å². The summed E-state index contributed by atoms with van der Waals surface area (Å²) in [6.45, 7) is 4.93. The predicted molar refractivity (Wildman–Crippen MR) is 69.1 cm³/mol. The minimum Gasteiger partial charge on any atom is -0.359 e. The molecule has 0 amide bonds. The molecule has 0 bridgehead atoms. The van der Waals surface area contributed by atoms with Crippen LogP contribution in [-0.2, 0) is 6.54 Å². The largest absolute Gasteiger partial charge is 0.359 e. The first-order chi connectivity index (χ1) is 7.22. The summed E-state index contributed by atoms with van der Waals surface area (Å²) < 4.78 is 0. The fourth-order valence-electron chi connectivity index (χ4n) is 1.06. The number of thiocarbonyl (C=S) groups is 1. The van der Waals surface area contributed by atoms with Crippen molar-refractivity contribution in [2.24, 2.45) is 0 Å². The fraction of sp³-hybridized carbons (Fsp3) is 0.182. The molecule has 0 aliphatic rings. The minimum atomic E-state index is 0.620. The normalized spacial score (nSPS) is 9.40. The second kappa shape index (κ2) is 6.43. The van der Waals surface area contributed by atoms with Crippen LogP contribution in [0.25, 0.3) is 0 Å². The van der Waals surface area contributed by atoms with Crippen molar-refractivity contribution in [3.8, 4) is 0 Å². The lowest BCUT2D eigenvalue weighted by Crippen LogP contribution is -2.34. The highest BCUT2D eigenvalue weighted by molar-refractivity contribution is 7.80. The Morgan fingerprint density at radius 3 is 2.93 bits per heavy atom. The van der Waals surface area contributed by atoms with E-state index >= 15 is 0 Å². The number of rotatable bonds is 4. The highest BCUT2D eigenvalue weighted by Gasteiger charge is 1.95. The van der Waals surface area contributed by atoms with E-state index in [1.54, 1.807) is 6.08 Å². The lowest BCUT2D eigenvalue weighted by molar-refractivity contribution is 0.873. The van der Waals surface area contributed by atoms with Crippen LogP contribution in [0.5, 0.6) is 0 Å². The van der Waals surface area contributed by atoms with Crippen LogP contribution < -0.4 is 10.6 Å². The van der Waals surface area contributed by atoms with Gasteiger partial charge in [0.2, 0.25) is 0 Å². The van der Waals surface area contributed by atoms with Gasteiger partial charge in [-0.3, -0.25) is 0 Å². The van der Waals surface area contributed by atoms with Gasteiger partial charge in [0, 0.05) is 18.1 Å². The summed E-state index contributed by atoms with van der Waals surface area (Å²) in [7, 11) is 0. The third-order valence-corrected chi connectivity index (χ3v) is 2.27. The van der Waals surface area contributed by atoms with Crippen LogP contribution in [0.15, 0.2) is 36.9 Å². The van der Waals surface area contributed by atoms with Crippen LogP contribution in [0.3, 0.4) is 0 Å². The van der Waals surface area contributed by atoms with Crippen molar-refractivity contribution in [3.05, 3.63) is 47.5 Å². The van der Waals surface area contributed by atoms with E-state index in [1.165, 1.54) is 0 Å². The summed E-state index contributed by atoms with van der Waals surface area (Å²) in [5.74, 6) is 0. The van der Waals surface area contributed by atoms with E-state index in [2.05, 4.69) is 17.2 Å². The number of hydrogen-bond donors (Lipinski definition) is 2. The topological polar surface area (TPSA) is 24.1 Å². The monoisotopic (exact) mass is 240 g/mol. The van der Waals surface area contributed by atoms with Crippen molar-refractivity contribution in [1.29, 1.82) is 0 Å². The van der Waals surface area contributed by atoms with E-state index in [9.17, 15) is 0 Å². The molecule has 2 nitrogen and oxygen atoms in total. The van der Waals surface area contributed by atoms with Crippen molar-refractivity contribution in [3.63, 3.8) is 0 Å². The zero-order valence-corrected chi connectivity index (χ0v) is 9.87. The lowest BCUT2D eigenvalue weighted by Gasteiger charge is -2.08. The molecule has 0 atom stereocenters. The smallest absolute Gasteiger partial charge is 0.166 e. The fourth-order valence-corrected chi connectivity index (χ4v) is 1.43. The molecule has 0 saturated carbocycles. The molecule has 0 fully saturated rings. The number of nitrogens with one attached hydrogen (secondary N) is 2. The first-order valence-corrected chi connectivity index (χ1v) is 5.38. The minimum absolute atomic E-state index is 0.620. The summed E-state index contributed by atoms with van der Waals surface area (Å²) >= 11 is 10.9. The molecule has 1 aromatic rings. The molecule has 15 heavy (non-hydrogen) atoms. The van der Waals surface area contributed by atoms with Crippen molar-refractivity contribution < 1.29 is 0 Å². The van der Waals surface area contributed by atoms with Gasteiger partial charge >= 0.3 is 0 Å². The molecular weight excluding hydrogens is 228 g/mol. The zero-order valence-electron chi connectivity index (χ0n) is 8.29. The summed E-state index contributed by atoms with van der Waals surface area (Å²) in [4.78, 5) is 0. The van der Waals surface area contributed by atoms with E-state index in [1.807, 2.05) is 24.3 Å². The Balaban J connectivity index is 2.36. The van der Waals surface area contributed by atoms with Crippen LogP contribution in [0.2, 0.25) is 5.02 Å². The molecule has 1 rings (SSSR count). The second-order valence-electron chi connectivity index (χ2n) is 2.98. The third-order valence-electron chi connectivity index (χ3n) is 1.75. The third kappa shape index (κ3) is 4.81. The maximum absolute atomic E-state index is 5.85. The summed E-state index contributed by atoms with van der Waals surface area (Å²) in [5, 5.41) is 7.42. The maximum atomic E-state index is 5.85. The number of hydrogen-bond acceptors (Lipinski definition) is 1. The van der Waals surface area contributed by atoms with Gasteiger partial charge in [0.05, 0.1) is 0 Å². The Kier molecular flexibility index (Phi) is 5.15. The van der Waals surface area contributed by atoms with E-state index in [0.29, 0.717) is 18.2 Å². The van der Waals surface area contributed by atoms with Gasteiger partial charge in [-0.25, -0.2) is 0 Å². The Morgan fingerprint density at radius 1 is 1.47 bits per heavy atom. The maximum Gasteiger partial charge on any atom is 0.166 e. The molecule has 0 unspecified atom stereocenters. The van der Waals surface area contributed by atoms with Gasteiger partial charge < -0.3 is 10.6 Å². The average Bonchev–Trinajstić information content (AvgIpc) is 2.23. The second-order valence-corrected chi connectivity index (χ2v) is 3.83. The van der Waals surface area contributed by atoms with E-state index < -0.39 is 0 Å². The van der Waals surface area contributed by atoms with E-state index in [4.69, 9.17) is 23.8 Å². The van der Waals surface area contributed by atoms with Crippen LogP contribution in [0.4, 0.5) is 0 Å². The molecule has 80 valence electrons. The zero-order chi connectivity index (χ0) is 11.1. The Morgan fingerprint density at radius 2 is 2.27 bits per heavy atom. The Bertz CT molecular complexity index is 352. The first-order valence-electron chi connectivity index (χ1n) is 4.59. The molecule has 0 heterocycles. The lowest BCUT2D eigenvalue weighted by atomic mass is 10.2. The van der Waals surface area contributed by atoms with Gasteiger partial charge in [-0.05, 0) is 29.9 Å². The Hall–Kier alpha value is -1.06. The molecule has 2 N–H and O–H groups in total. The van der Waals surface area contributed by atoms with Crippen molar-refractivity contribution in [1.82, 2.24) is 10.6 Å². The van der Waals surface area contributed by atoms with Crippen molar-refractivity contribution >= 4 is 28.9 Å². The molecule has 0 aliphatic heterocycles. The number of halogens is 1. The predicted octanol–water partition coefficient (Wildman–Crippen LogP) is 2.49. The van der Waals surface area contributed by atoms with Crippen LogP contribution in [0, 0.1) is 0 Å². The van der Waals surface area contributed by atoms with Crippen LogP contribution in [0.1, 0.15) is 5.56 Å². The van der Waals surface area contributed by atoms with E-state index in [-0.39, 0.29) is 0 Å². The summed E-state index contributed by atoms with van der Waals surface area (Å²) in [5.41, 5.74) is 1.10. The molecule has 4 heteroatoms. The van der Waals surface area contributed by atoms with Gasteiger partial charge in [-0.1, -0.05) is 29.8 Å². The van der Waals surface area contributed by atoms with Gasteiger partial charge in [0.25, 0.3) is 0 Å². The molecule has 0 aliphatic carbocycles. The molecule has 0 saturated heterocycles. The Labute approximate surface area is 100 Å². The summed E-state index contributed by atoms with van der Waals surface area (Å²) in [6.07, 6.45) is 1.76. The van der Waals surface area contributed by atoms with Crippen LogP contribution >= 0.6 is 23.8 Å². The quantitative estimate of drug-likeness (QED) is 0.625. The SMILES string of the molecule is C=CCNC(=S)NCc1cccc(Cl)c1. The van der Waals surface area contributed by atoms with Crippen molar-refractivity contribution in [2.45, 2.75) is 6.54 Å². The average molecular weight is 241 g/mol. The highest BCUT2D eigenvalue weighted by Crippen LogP contribution is 2.09. The molecular formula is C11H13ClN2S. The summed E-state index contributed by atoms with van der Waals surface area (Å²) in [6, 6.07) is 7.67. The van der Waals surface area contributed by atoms with Gasteiger partial charge in [0.1, 0.15) is 0 Å². The highest BCUT2D eigenvalue weighted by atomic mass is 35.5. The van der Waals surface area contributed by atoms with E-state index in [0.717, 1.165) is 10.6 Å². The molecule has 0 spiro atoms. The van der Waals surface area contributed by atoms with Crippen molar-refractivity contribution in [2.75, 3.05) is 6.54 Å². The van der Waals surface area contributed by atoms with Gasteiger partial charge in [0.15, 0.2) is 5.11 Å².